The van der Waals surface area contributed by atoms with Gasteiger partial charge in [0, 0.05) is 11.6 Å². The molecule has 4 heteroatoms. The molecule has 66 valence electrons. The minimum absolute atomic E-state index is 0.560. The molecule has 0 aliphatic carbocycles. The van der Waals surface area contributed by atoms with Gasteiger partial charge in [-0.3, -0.25) is 4.98 Å². The lowest BCUT2D eigenvalue weighted by Crippen LogP contribution is -1.88. The summed E-state index contributed by atoms with van der Waals surface area (Å²) in [6.07, 6.45) is 1.76. The van der Waals surface area contributed by atoms with Gasteiger partial charge in [0.15, 0.2) is 0 Å². The quantitative estimate of drug-likeness (QED) is 0.751. The summed E-state index contributed by atoms with van der Waals surface area (Å²) in [4.78, 5) is 8.43. The van der Waals surface area contributed by atoms with Crippen LogP contribution in [0.3, 0.4) is 0 Å². The summed E-state index contributed by atoms with van der Waals surface area (Å²) in [5.41, 5.74) is 7.58. The van der Waals surface area contributed by atoms with E-state index in [0.29, 0.717) is 5.82 Å². The predicted octanol–water partition coefficient (Wildman–Crippen LogP) is 2.10. The number of aromatic nitrogens is 2. The summed E-state index contributed by atoms with van der Waals surface area (Å²) in [5.74, 6) is 0.560. The second kappa shape index (κ2) is 3.14. The van der Waals surface area contributed by atoms with Gasteiger partial charge in [-0.1, -0.05) is 6.07 Å². The van der Waals surface area contributed by atoms with Crippen molar-refractivity contribution in [3.8, 4) is 10.7 Å². The molecule has 0 spiro atoms. The molecule has 0 aromatic carbocycles. The molecule has 0 saturated heterocycles. The van der Waals surface area contributed by atoms with Crippen LogP contribution in [0.15, 0.2) is 23.7 Å². The van der Waals surface area contributed by atoms with Crippen molar-refractivity contribution >= 4 is 17.2 Å². The second-order valence-electron chi connectivity index (χ2n) is 2.75. The maximum absolute atomic E-state index is 5.54. The number of hydrogen-bond acceptors (Lipinski definition) is 4. The molecule has 0 bridgehead atoms. The molecular formula is C9H9N3S. The van der Waals surface area contributed by atoms with Gasteiger partial charge in [-0.15, -0.1) is 11.3 Å². The molecular weight excluding hydrogens is 182 g/mol. The summed E-state index contributed by atoms with van der Waals surface area (Å²) < 4.78 is 0. The number of thiazole rings is 1. The lowest BCUT2D eigenvalue weighted by molar-refractivity contribution is 1.25. The molecule has 0 unspecified atom stereocenters. The number of anilines is 1. The van der Waals surface area contributed by atoms with Crippen molar-refractivity contribution < 1.29 is 0 Å². The highest BCUT2D eigenvalue weighted by Crippen LogP contribution is 2.24. The van der Waals surface area contributed by atoms with E-state index in [1.54, 1.807) is 6.20 Å². The number of nitrogens with zero attached hydrogens (tertiary/aromatic N) is 2. The van der Waals surface area contributed by atoms with Gasteiger partial charge >= 0.3 is 0 Å². The minimum Gasteiger partial charge on any atom is -0.383 e. The Morgan fingerprint density at radius 1 is 1.46 bits per heavy atom. The van der Waals surface area contributed by atoms with E-state index in [1.165, 1.54) is 11.3 Å². The van der Waals surface area contributed by atoms with Crippen LogP contribution in [-0.2, 0) is 0 Å². The molecule has 0 radical (unpaired) electrons. The SMILES string of the molecule is Cc1cccnc1-c1nc(N)cs1. The van der Waals surface area contributed by atoms with Crippen LogP contribution in [0.4, 0.5) is 5.82 Å². The third-order valence-corrected chi connectivity index (χ3v) is 2.60. The Kier molecular flexibility index (Phi) is 1.98. The third kappa shape index (κ3) is 1.53. The van der Waals surface area contributed by atoms with Crippen LogP contribution in [0.2, 0.25) is 0 Å². The van der Waals surface area contributed by atoms with Crippen LogP contribution in [0, 0.1) is 6.92 Å². The first-order valence-electron chi connectivity index (χ1n) is 3.90. The molecule has 0 fully saturated rings. The molecule has 3 nitrogen and oxygen atoms in total. The highest BCUT2D eigenvalue weighted by molar-refractivity contribution is 7.13. The molecule has 0 aliphatic heterocycles. The number of hydrogen-bond donors (Lipinski definition) is 1. The van der Waals surface area contributed by atoms with E-state index in [1.807, 2.05) is 24.4 Å². The number of pyridine rings is 1. The maximum Gasteiger partial charge on any atom is 0.144 e. The van der Waals surface area contributed by atoms with Gasteiger partial charge in [0.1, 0.15) is 16.5 Å². The van der Waals surface area contributed by atoms with Crippen LogP contribution in [0.1, 0.15) is 5.56 Å². The molecule has 2 heterocycles. The summed E-state index contributed by atoms with van der Waals surface area (Å²) in [6.45, 7) is 2.01. The third-order valence-electron chi connectivity index (χ3n) is 1.73. The fourth-order valence-electron chi connectivity index (χ4n) is 1.10. The zero-order valence-corrected chi connectivity index (χ0v) is 8.01. The Hall–Kier alpha value is -1.42. The number of rotatable bonds is 1. The van der Waals surface area contributed by atoms with Crippen molar-refractivity contribution in [2.45, 2.75) is 6.92 Å². The van der Waals surface area contributed by atoms with Crippen molar-refractivity contribution in [1.29, 1.82) is 0 Å². The van der Waals surface area contributed by atoms with E-state index in [2.05, 4.69) is 9.97 Å². The van der Waals surface area contributed by atoms with Gasteiger partial charge in [0.05, 0.1) is 0 Å². The van der Waals surface area contributed by atoms with Gasteiger partial charge in [-0.25, -0.2) is 4.98 Å². The summed E-state index contributed by atoms with van der Waals surface area (Å²) in [7, 11) is 0. The van der Waals surface area contributed by atoms with Crippen LogP contribution in [0.25, 0.3) is 10.7 Å². The summed E-state index contributed by atoms with van der Waals surface area (Å²) in [6, 6.07) is 3.93. The van der Waals surface area contributed by atoms with Gasteiger partial charge in [0.25, 0.3) is 0 Å². The van der Waals surface area contributed by atoms with E-state index in [0.717, 1.165) is 16.3 Å². The van der Waals surface area contributed by atoms with Crippen LogP contribution >= 0.6 is 11.3 Å². The Morgan fingerprint density at radius 3 is 2.92 bits per heavy atom. The van der Waals surface area contributed by atoms with E-state index in [9.17, 15) is 0 Å². The van der Waals surface area contributed by atoms with E-state index < -0.39 is 0 Å². The van der Waals surface area contributed by atoms with Gasteiger partial charge < -0.3 is 5.73 Å². The average Bonchev–Trinajstić information content (AvgIpc) is 2.53. The first-order valence-corrected chi connectivity index (χ1v) is 4.78. The minimum atomic E-state index is 0.560. The Bertz CT molecular complexity index is 422. The molecule has 0 saturated carbocycles. The first kappa shape index (κ1) is 8.19. The predicted molar refractivity (Wildman–Crippen MR) is 54.5 cm³/mol. The van der Waals surface area contributed by atoms with E-state index in [-0.39, 0.29) is 0 Å². The fraction of sp³-hybridized carbons (Fsp3) is 0.111. The van der Waals surface area contributed by atoms with Crippen molar-refractivity contribution in [2.24, 2.45) is 0 Å². The highest BCUT2D eigenvalue weighted by Gasteiger charge is 2.05. The second-order valence-corrected chi connectivity index (χ2v) is 3.60. The lowest BCUT2D eigenvalue weighted by atomic mass is 10.2. The smallest absolute Gasteiger partial charge is 0.144 e. The van der Waals surface area contributed by atoms with Crippen LogP contribution in [0.5, 0.6) is 0 Å². The average molecular weight is 191 g/mol. The monoisotopic (exact) mass is 191 g/mol. The maximum atomic E-state index is 5.54. The first-order chi connectivity index (χ1) is 6.27. The van der Waals surface area contributed by atoms with E-state index >= 15 is 0 Å². The zero-order valence-electron chi connectivity index (χ0n) is 7.19. The molecule has 2 rings (SSSR count). The molecule has 0 amide bonds. The Morgan fingerprint density at radius 2 is 2.31 bits per heavy atom. The van der Waals surface area contributed by atoms with Gasteiger partial charge in [-0.05, 0) is 18.6 Å². The van der Waals surface area contributed by atoms with Crippen molar-refractivity contribution in [3.05, 3.63) is 29.3 Å². The van der Waals surface area contributed by atoms with E-state index in [4.69, 9.17) is 5.73 Å². The fourth-order valence-corrected chi connectivity index (χ4v) is 1.87. The molecule has 2 aromatic heterocycles. The largest absolute Gasteiger partial charge is 0.383 e. The molecule has 2 aromatic rings. The van der Waals surface area contributed by atoms with Gasteiger partial charge in [0.2, 0.25) is 0 Å². The molecule has 13 heavy (non-hydrogen) atoms. The molecule has 0 atom stereocenters. The molecule has 2 N–H and O–H groups in total. The number of nitrogen functional groups attached to an aromatic ring is 1. The topological polar surface area (TPSA) is 51.8 Å². The molecule has 0 aliphatic rings. The summed E-state index contributed by atoms with van der Waals surface area (Å²) in [5, 5.41) is 2.71. The van der Waals surface area contributed by atoms with Gasteiger partial charge in [-0.2, -0.15) is 0 Å². The number of nitrogens with two attached hydrogens (primary N) is 1. The normalized spacial score (nSPS) is 10.2. The zero-order chi connectivity index (χ0) is 9.26. The Labute approximate surface area is 80.3 Å². The number of aryl methyl sites for hydroxylation is 1. The van der Waals surface area contributed by atoms with Crippen molar-refractivity contribution in [3.63, 3.8) is 0 Å². The van der Waals surface area contributed by atoms with Crippen molar-refractivity contribution in [1.82, 2.24) is 9.97 Å². The Balaban J connectivity index is 2.52. The van der Waals surface area contributed by atoms with Crippen LogP contribution < -0.4 is 5.73 Å². The summed E-state index contributed by atoms with van der Waals surface area (Å²) >= 11 is 1.52. The standard InChI is InChI=1S/C9H9N3S/c1-6-3-2-4-11-8(6)9-12-7(10)5-13-9/h2-5H,10H2,1H3. The highest BCUT2D eigenvalue weighted by atomic mass is 32.1. The van der Waals surface area contributed by atoms with Crippen LogP contribution in [-0.4, -0.2) is 9.97 Å². The van der Waals surface area contributed by atoms with Crippen molar-refractivity contribution in [2.75, 3.05) is 5.73 Å². The lowest BCUT2D eigenvalue weighted by Gasteiger charge is -1.98.